The Morgan fingerprint density at radius 1 is 0.885 bits per heavy atom. The van der Waals surface area contributed by atoms with Crippen LogP contribution < -0.4 is 0 Å². The van der Waals surface area contributed by atoms with Crippen LogP contribution in [0.1, 0.15) is 30.1 Å². The molecule has 1 aliphatic rings. The van der Waals surface area contributed by atoms with Crippen molar-refractivity contribution in [1.82, 2.24) is 14.8 Å². The molecule has 2 aromatic carbocycles. The first-order valence-electron chi connectivity index (χ1n) is 8.00. The monoisotopic (exact) mass is 443 g/mol. The molecule has 1 heterocycles. The normalized spacial score (nSPS) is 14.0. The van der Waals surface area contributed by atoms with Crippen LogP contribution in [0.4, 0.5) is 0 Å². The highest BCUT2D eigenvalue weighted by atomic mass is 35.5. The van der Waals surface area contributed by atoms with E-state index >= 15 is 0 Å². The number of benzene rings is 2. The lowest BCUT2D eigenvalue weighted by molar-refractivity contribution is 0.829. The lowest BCUT2D eigenvalue weighted by Crippen LogP contribution is -2.02. The van der Waals surface area contributed by atoms with Crippen molar-refractivity contribution in [2.75, 3.05) is 0 Å². The summed E-state index contributed by atoms with van der Waals surface area (Å²) >= 11 is 26.0. The lowest BCUT2D eigenvalue weighted by Gasteiger charge is -2.11. The van der Waals surface area contributed by atoms with Crippen molar-refractivity contribution in [3.8, 4) is 5.69 Å². The molecule has 134 valence electrons. The molecule has 26 heavy (non-hydrogen) atoms. The molecule has 0 bridgehead atoms. The molecule has 4 rings (SSSR count). The highest BCUT2D eigenvalue weighted by Gasteiger charge is 2.31. The molecule has 0 spiro atoms. The largest absolute Gasteiger partial charge is 0.274 e. The molecule has 1 fully saturated rings. The van der Waals surface area contributed by atoms with Crippen LogP contribution in [0.25, 0.3) is 5.69 Å². The quantitative estimate of drug-likeness (QED) is 0.395. The summed E-state index contributed by atoms with van der Waals surface area (Å²) < 4.78 is 2.07. The summed E-state index contributed by atoms with van der Waals surface area (Å²) in [4.78, 5) is 0. The summed E-state index contributed by atoms with van der Waals surface area (Å²) in [5.74, 6) is 2.14. The van der Waals surface area contributed by atoms with Gasteiger partial charge in [0, 0.05) is 11.7 Å². The number of halogens is 4. The smallest absolute Gasteiger partial charge is 0.196 e. The molecular weight excluding hydrogens is 432 g/mol. The standard InChI is InChI=1S/C18H13Cl4N3S/c19-13-5-1-10(7-15(13)21)9-26-18-24-23-17(11-2-3-11)25(18)12-4-6-14(20)16(22)8-12/h1,4-8,11H,2-3,9H2. The highest BCUT2D eigenvalue weighted by Crippen LogP contribution is 2.42. The van der Waals surface area contributed by atoms with Crippen molar-refractivity contribution in [1.29, 1.82) is 0 Å². The van der Waals surface area contributed by atoms with Gasteiger partial charge in [0.15, 0.2) is 5.16 Å². The second-order valence-electron chi connectivity index (χ2n) is 6.09. The van der Waals surface area contributed by atoms with E-state index in [1.807, 2.05) is 24.3 Å². The van der Waals surface area contributed by atoms with Crippen molar-refractivity contribution >= 4 is 58.2 Å². The van der Waals surface area contributed by atoms with Gasteiger partial charge in [-0.2, -0.15) is 0 Å². The fraction of sp³-hybridized carbons (Fsp3) is 0.222. The molecule has 1 aromatic heterocycles. The van der Waals surface area contributed by atoms with Crippen molar-refractivity contribution in [3.63, 3.8) is 0 Å². The van der Waals surface area contributed by atoms with Gasteiger partial charge >= 0.3 is 0 Å². The third-order valence-corrected chi connectivity index (χ3v) is 6.59. The maximum absolute atomic E-state index is 6.22. The zero-order chi connectivity index (χ0) is 18.3. The number of hydrogen-bond acceptors (Lipinski definition) is 3. The summed E-state index contributed by atoms with van der Waals surface area (Å²) in [5.41, 5.74) is 1.99. The average molecular weight is 445 g/mol. The molecule has 1 aliphatic carbocycles. The molecule has 1 saturated carbocycles. The van der Waals surface area contributed by atoms with Gasteiger partial charge in [-0.25, -0.2) is 0 Å². The second kappa shape index (κ2) is 7.61. The van der Waals surface area contributed by atoms with Gasteiger partial charge in [-0.15, -0.1) is 10.2 Å². The first-order valence-corrected chi connectivity index (χ1v) is 10.5. The highest BCUT2D eigenvalue weighted by molar-refractivity contribution is 7.98. The first-order chi connectivity index (χ1) is 12.5. The van der Waals surface area contributed by atoms with Crippen molar-refractivity contribution < 1.29 is 0 Å². The number of thioether (sulfide) groups is 1. The van der Waals surface area contributed by atoms with Crippen LogP contribution in [0, 0.1) is 0 Å². The van der Waals surface area contributed by atoms with Gasteiger partial charge in [0.1, 0.15) is 5.82 Å². The summed E-state index contributed by atoms with van der Waals surface area (Å²) in [6, 6.07) is 11.2. The minimum absolute atomic E-state index is 0.455. The zero-order valence-electron chi connectivity index (χ0n) is 13.4. The number of aromatic nitrogens is 3. The fourth-order valence-corrected chi connectivity index (χ4v) is 4.14. The van der Waals surface area contributed by atoms with Crippen LogP contribution >= 0.6 is 58.2 Å². The van der Waals surface area contributed by atoms with Crippen LogP contribution in [-0.2, 0) is 5.75 Å². The molecule has 0 atom stereocenters. The zero-order valence-corrected chi connectivity index (χ0v) is 17.3. The van der Waals surface area contributed by atoms with E-state index in [2.05, 4.69) is 14.8 Å². The fourth-order valence-electron chi connectivity index (χ4n) is 2.62. The molecule has 8 heteroatoms. The Hall–Kier alpha value is -0.910. The van der Waals surface area contributed by atoms with Crippen LogP contribution in [0.3, 0.4) is 0 Å². The Morgan fingerprint density at radius 2 is 1.58 bits per heavy atom. The average Bonchev–Trinajstić information content (AvgIpc) is 3.38. The Bertz CT molecular complexity index is 969. The predicted molar refractivity (Wildman–Crippen MR) is 109 cm³/mol. The summed E-state index contributed by atoms with van der Waals surface area (Å²) in [7, 11) is 0. The van der Waals surface area contributed by atoms with E-state index in [1.54, 1.807) is 23.9 Å². The molecule has 0 amide bonds. The third-order valence-electron chi connectivity index (χ3n) is 4.11. The Labute approximate surface area is 175 Å². The summed E-state index contributed by atoms with van der Waals surface area (Å²) in [6.07, 6.45) is 2.27. The summed E-state index contributed by atoms with van der Waals surface area (Å²) in [6.45, 7) is 0. The van der Waals surface area contributed by atoms with E-state index in [1.165, 1.54) is 0 Å². The topological polar surface area (TPSA) is 30.7 Å². The van der Waals surface area contributed by atoms with Crippen molar-refractivity contribution in [3.05, 3.63) is 67.9 Å². The van der Waals surface area contributed by atoms with Gasteiger partial charge in [0.25, 0.3) is 0 Å². The molecule has 0 saturated heterocycles. The van der Waals surface area contributed by atoms with Crippen molar-refractivity contribution in [2.24, 2.45) is 0 Å². The molecule has 0 unspecified atom stereocenters. The van der Waals surface area contributed by atoms with Gasteiger partial charge in [-0.3, -0.25) is 4.57 Å². The molecule has 3 nitrogen and oxygen atoms in total. The van der Waals surface area contributed by atoms with Gasteiger partial charge in [0.2, 0.25) is 0 Å². The minimum Gasteiger partial charge on any atom is -0.274 e. The number of nitrogens with zero attached hydrogens (tertiary/aromatic N) is 3. The predicted octanol–water partition coefficient (Wildman–Crippen LogP) is 7.05. The number of rotatable bonds is 5. The van der Waals surface area contributed by atoms with E-state index in [4.69, 9.17) is 46.4 Å². The SMILES string of the molecule is Clc1ccc(CSc2nnc(C3CC3)n2-c2ccc(Cl)c(Cl)c2)cc1Cl. The minimum atomic E-state index is 0.455. The third kappa shape index (κ3) is 3.85. The van der Waals surface area contributed by atoms with E-state index in [9.17, 15) is 0 Å². The maximum atomic E-state index is 6.22. The molecule has 0 aliphatic heterocycles. The van der Waals surface area contributed by atoms with Crippen LogP contribution in [0.15, 0.2) is 41.6 Å². The molecule has 3 aromatic rings. The van der Waals surface area contributed by atoms with E-state index < -0.39 is 0 Å². The Balaban J connectivity index is 1.65. The van der Waals surface area contributed by atoms with Gasteiger partial charge in [-0.05, 0) is 48.7 Å². The van der Waals surface area contributed by atoms with Crippen LogP contribution in [0.2, 0.25) is 20.1 Å². The van der Waals surface area contributed by atoms with Gasteiger partial charge < -0.3 is 0 Å². The number of hydrogen-bond donors (Lipinski definition) is 0. The maximum Gasteiger partial charge on any atom is 0.196 e. The molecular formula is C18H13Cl4N3S. The Kier molecular flexibility index (Phi) is 5.40. The lowest BCUT2D eigenvalue weighted by atomic mass is 10.2. The molecule has 0 radical (unpaired) electrons. The van der Waals surface area contributed by atoms with Gasteiger partial charge in [-0.1, -0.05) is 64.2 Å². The van der Waals surface area contributed by atoms with Crippen LogP contribution in [-0.4, -0.2) is 14.8 Å². The van der Waals surface area contributed by atoms with E-state index in [-0.39, 0.29) is 0 Å². The molecule has 0 N–H and O–H groups in total. The Morgan fingerprint density at radius 3 is 2.23 bits per heavy atom. The first kappa shape index (κ1) is 18.5. The summed E-state index contributed by atoms with van der Waals surface area (Å²) in [5, 5.41) is 11.8. The van der Waals surface area contributed by atoms with Crippen LogP contribution in [0.5, 0.6) is 0 Å². The van der Waals surface area contributed by atoms with Gasteiger partial charge in [0.05, 0.1) is 25.8 Å². The van der Waals surface area contributed by atoms with Crippen molar-refractivity contribution in [2.45, 2.75) is 29.7 Å². The van der Waals surface area contributed by atoms with E-state index in [0.717, 1.165) is 35.1 Å². The second-order valence-corrected chi connectivity index (χ2v) is 8.66. The van der Waals surface area contributed by atoms with E-state index in [0.29, 0.717) is 31.8 Å².